The third-order valence-electron chi connectivity index (χ3n) is 10.2. The molecule has 5 heterocycles. The molecule has 0 aromatic heterocycles. The first-order valence-electron chi connectivity index (χ1n) is 13.9. The number of fused-ring (bicyclic) bond motifs is 2. The van der Waals surface area contributed by atoms with Crippen molar-refractivity contribution in [3.63, 3.8) is 0 Å². The van der Waals surface area contributed by atoms with E-state index in [1.807, 2.05) is 6.07 Å². The Morgan fingerprint density at radius 3 is 2.67 bits per heavy atom. The van der Waals surface area contributed by atoms with Gasteiger partial charge >= 0.3 is 5.97 Å². The summed E-state index contributed by atoms with van der Waals surface area (Å²) < 4.78 is 22.3. The average molecular weight is 556 g/mol. The molecule has 2 N–H and O–H groups in total. The van der Waals surface area contributed by atoms with E-state index >= 15 is 0 Å². The topological polar surface area (TPSA) is 127 Å². The lowest BCUT2D eigenvalue weighted by atomic mass is 9.53. The molecule has 6 aliphatic rings. The summed E-state index contributed by atoms with van der Waals surface area (Å²) in [6.07, 6.45) is 4.92. The zero-order chi connectivity index (χ0) is 28.3. The highest BCUT2D eigenvalue weighted by Gasteiger charge is 2.71. The maximum absolute atomic E-state index is 13.5. The largest absolute Gasteiger partial charge is 0.493 e. The van der Waals surface area contributed by atoms with E-state index in [9.17, 15) is 14.4 Å². The summed E-state index contributed by atoms with van der Waals surface area (Å²) in [4.78, 5) is 38.6. The van der Waals surface area contributed by atoms with E-state index in [4.69, 9.17) is 24.1 Å². The van der Waals surface area contributed by atoms with Crippen molar-refractivity contribution >= 4 is 24.0 Å². The average Bonchev–Trinajstić information content (AvgIpc) is 3.42. The van der Waals surface area contributed by atoms with Crippen molar-refractivity contribution in [2.75, 3.05) is 45.9 Å². The molecule has 1 aliphatic carbocycles. The molecule has 7 rings (SSSR count). The van der Waals surface area contributed by atoms with Crippen molar-refractivity contribution in [3.05, 3.63) is 29.3 Å². The quantitative estimate of drug-likeness (QED) is 0.378. The van der Waals surface area contributed by atoms with Crippen LogP contribution in [-0.2, 0) is 29.3 Å². The van der Waals surface area contributed by atoms with Gasteiger partial charge in [0.25, 0.3) is 0 Å². The van der Waals surface area contributed by atoms with Gasteiger partial charge in [-0.2, -0.15) is 0 Å². The predicted molar refractivity (Wildman–Crippen MR) is 144 cm³/mol. The standard InChI is InChI=1S/C23H26N2O4.C6H11NO4/c1-27-16-8-14-15(9-17(16)28-2)25-20(26)10-18-21-13-7-19-23(14,22(21)25)4-5-24(19)11-12(13)3-6-29-18;1-4(11-2)5(6(9)10)7-3-8/h3,8-9,13,18-19,21-22H,4-7,10-11H2,1-2H3;3-5H,1-2H3,(H,7,8)(H,9,10). The molecule has 0 radical (unpaired) electrons. The van der Waals surface area contributed by atoms with E-state index in [1.54, 1.807) is 26.7 Å². The molecule has 2 bridgehead atoms. The Morgan fingerprint density at radius 2 is 2.00 bits per heavy atom. The molecular weight excluding hydrogens is 518 g/mol. The fourth-order valence-electron chi connectivity index (χ4n) is 8.49. The molecule has 3 saturated heterocycles. The van der Waals surface area contributed by atoms with Crippen LogP contribution in [0.2, 0.25) is 0 Å². The number of nitrogens with one attached hydrogen (secondary N) is 1. The molecule has 1 aromatic rings. The zero-order valence-corrected chi connectivity index (χ0v) is 23.3. The molecule has 1 aromatic carbocycles. The van der Waals surface area contributed by atoms with Gasteiger partial charge in [0.2, 0.25) is 12.3 Å². The summed E-state index contributed by atoms with van der Waals surface area (Å²) >= 11 is 0. The number of ether oxygens (including phenoxy) is 4. The number of aliphatic carboxylic acids is 1. The predicted octanol–water partition coefficient (Wildman–Crippen LogP) is 1.33. The van der Waals surface area contributed by atoms with Gasteiger partial charge in [0.1, 0.15) is 0 Å². The van der Waals surface area contributed by atoms with Gasteiger partial charge in [-0.05, 0) is 43.9 Å². The van der Waals surface area contributed by atoms with Crippen molar-refractivity contribution < 1.29 is 38.4 Å². The van der Waals surface area contributed by atoms with E-state index in [1.165, 1.54) is 19.1 Å². The monoisotopic (exact) mass is 555 g/mol. The number of hydrogen-bond donors (Lipinski definition) is 2. The Kier molecular flexibility index (Phi) is 6.79. The van der Waals surface area contributed by atoms with E-state index in [2.05, 4.69) is 27.3 Å². The van der Waals surface area contributed by atoms with Crippen LogP contribution in [0.25, 0.3) is 0 Å². The molecule has 11 nitrogen and oxygen atoms in total. The highest BCUT2D eigenvalue weighted by atomic mass is 16.5. The number of carboxylic acids is 1. The summed E-state index contributed by atoms with van der Waals surface area (Å²) in [7, 11) is 4.74. The minimum atomic E-state index is -1.11. The summed E-state index contributed by atoms with van der Waals surface area (Å²) in [6.45, 7) is 4.37. The molecule has 8 atom stereocenters. The molecule has 40 heavy (non-hydrogen) atoms. The Hall–Kier alpha value is -3.15. The van der Waals surface area contributed by atoms with Gasteiger partial charge in [-0.1, -0.05) is 11.6 Å². The van der Waals surface area contributed by atoms with Crippen LogP contribution in [0.4, 0.5) is 5.69 Å². The van der Waals surface area contributed by atoms with Crippen LogP contribution in [-0.4, -0.2) is 99.7 Å². The van der Waals surface area contributed by atoms with Gasteiger partial charge in [0.15, 0.2) is 17.5 Å². The molecule has 1 saturated carbocycles. The van der Waals surface area contributed by atoms with Crippen LogP contribution in [0.1, 0.15) is 31.7 Å². The van der Waals surface area contributed by atoms with E-state index in [0.717, 1.165) is 30.9 Å². The second kappa shape index (κ2) is 10.0. The van der Waals surface area contributed by atoms with Gasteiger partial charge in [-0.15, -0.1) is 0 Å². The number of nitrogens with zero attached hydrogens (tertiary/aromatic N) is 2. The van der Waals surface area contributed by atoms with Crippen molar-refractivity contribution in [1.29, 1.82) is 0 Å². The maximum Gasteiger partial charge on any atom is 0.328 e. The third kappa shape index (κ3) is 3.70. The van der Waals surface area contributed by atoms with Gasteiger partial charge in [-0.25, -0.2) is 4.79 Å². The van der Waals surface area contributed by atoms with E-state index in [0.29, 0.717) is 43.1 Å². The first kappa shape index (κ1) is 27.0. The van der Waals surface area contributed by atoms with Gasteiger partial charge in [-0.3, -0.25) is 14.5 Å². The van der Waals surface area contributed by atoms with E-state index in [-0.39, 0.29) is 23.5 Å². The number of anilines is 1. The molecule has 8 unspecified atom stereocenters. The van der Waals surface area contributed by atoms with Gasteiger partial charge in [0.05, 0.1) is 51.2 Å². The Morgan fingerprint density at radius 1 is 1.25 bits per heavy atom. The van der Waals surface area contributed by atoms with Crippen molar-refractivity contribution in [2.24, 2.45) is 11.8 Å². The minimum Gasteiger partial charge on any atom is -0.493 e. The third-order valence-corrected chi connectivity index (χ3v) is 10.2. The molecule has 4 fully saturated rings. The lowest BCUT2D eigenvalue weighted by Crippen LogP contribution is -2.69. The first-order valence-corrected chi connectivity index (χ1v) is 13.9. The van der Waals surface area contributed by atoms with Crippen LogP contribution < -0.4 is 19.7 Å². The fourth-order valence-corrected chi connectivity index (χ4v) is 8.49. The number of methoxy groups -OCH3 is 3. The molecule has 216 valence electrons. The van der Waals surface area contributed by atoms with E-state index < -0.39 is 18.1 Å². The molecule has 1 spiro atoms. The number of carbonyl (C=O) groups excluding carboxylic acids is 2. The number of carboxylic acid groups (broad SMARTS) is 1. The number of amides is 2. The summed E-state index contributed by atoms with van der Waals surface area (Å²) in [5.41, 5.74) is 3.85. The number of hydrogen-bond acceptors (Lipinski definition) is 8. The Labute approximate surface area is 233 Å². The van der Waals surface area contributed by atoms with Crippen molar-refractivity contribution in [3.8, 4) is 11.5 Å². The van der Waals surface area contributed by atoms with Gasteiger partial charge in [0, 0.05) is 37.1 Å². The van der Waals surface area contributed by atoms with Crippen LogP contribution in [0, 0.1) is 11.8 Å². The number of rotatable bonds is 7. The number of carbonyl (C=O) groups is 3. The SMILES string of the molecule is COC(C)C(NC=O)C(=O)O.COc1cc2c(cc1OC)C13CCN4CC5=CCOC6CC(=O)N2C1C6C5CC43. The molecule has 5 aliphatic heterocycles. The van der Waals surface area contributed by atoms with Crippen LogP contribution in [0.5, 0.6) is 11.5 Å². The normalized spacial score (nSPS) is 33.9. The Balaban J connectivity index is 0.000000227. The Bertz CT molecular complexity index is 1250. The second-order valence-electron chi connectivity index (χ2n) is 11.5. The van der Waals surface area contributed by atoms with Crippen LogP contribution in [0.3, 0.4) is 0 Å². The van der Waals surface area contributed by atoms with Gasteiger partial charge < -0.3 is 34.3 Å². The molecule has 11 heteroatoms. The molecular formula is C29H37N3O8. The summed E-state index contributed by atoms with van der Waals surface area (Å²) in [6, 6.07) is 3.90. The van der Waals surface area contributed by atoms with Crippen LogP contribution >= 0.6 is 0 Å². The maximum atomic E-state index is 13.5. The summed E-state index contributed by atoms with van der Waals surface area (Å²) in [5.74, 6) is 1.47. The smallest absolute Gasteiger partial charge is 0.328 e. The second-order valence-corrected chi connectivity index (χ2v) is 11.5. The fraction of sp³-hybridized carbons (Fsp3) is 0.621. The minimum absolute atomic E-state index is 0.0242. The van der Waals surface area contributed by atoms with Crippen molar-refractivity contribution in [2.45, 2.75) is 61.9 Å². The summed E-state index contributed by atoms with van der Waals surface area (Å²) in [5, 5.41) is 10.6. The lowest BCUT2D eigenvalue weighted by Gasteiger charge is -2.58. The highest BCUT2D eigenvalue weighted by Crippen LogP contribution is 2.66. The van der Waals surface area contributed by atoms with Crippen molar-refractivity contribution in [1.82, 2.24) is 10.2 Å². The highest BCUT2D eigenvalue weighted by molar-refractivity contribution is 5.99. The lowest BCUT2D eigenvalue weighted by molar-refractivity contribution is -0.144. The number of benzene rings is 1. The van der Waals surface area contributed by atoms with Crippen LogP contribution in [0.15, 0.2) is 23.8 Å². The number of piperidine rings is 2. The first-order chi connectivity index (χ1) is 19.3. The molecule has 2 amide bonds. The zero-order valence-electron chi connectivity index (χ0n) is 23.3.